The highest BCUT2D eigenvalue weighted by atomic mass is 16.5. The monoisotopic (exact) mass is 273 g/mol. The second-order valence-corrected chi connectivity index (χ2v) is 6.35. The van der Waals surface area contributed by atoms with Crippen LogP contribution in [0.3, 0.4) is 0 Å². The first kappa shape index (κ1) is 13.6. The Hall–Kier alpha value is -1.35. The number of hydrogen-bond donors (Lipinski definition) is 0. The molecule has 1 amide bonds. The lowest BCUT2D eigenvalue weighted by molar-refractivity contribution is -0.104. The Balaban J connectivity index is 1.91. The van der Waals surface area contributed by atoms with Crippen LogP contribution in [0.2, 0.25) is 0 Å². The largest absolute Gasteiger partial charge is 0.353 e. The summed E-state index contributed by atoms with van der Waals surface area (Å²) in [4.78, 5) is 14.9. The first-order valence-electron chi connectivity index (χ1n) is 7.65. The zero-order valence-electron chi connectivity index (χ0n) is 12.3. The molecule has 3 nitrogen and oxygen atoms in total. The van der Waals surface area contributed by atoms with E-state index >= 15 is 0 Å². The van der Waals surface area contributed by atoms with Crippen molar-refractivity contribution >= 4 is 5.91 Å². The van der Waals surface area contributed by atoms with Crippen LogP contribution >= 0.6 is 0 Å². The summed E-state index contributed by atoms with van der Waals surface area (Å²) in [6.07, 6.45) is 4.33. The van der Waals surface area contributed by atoms with Gasteiger partial charge >= 0.3 is 0 Å². The molecule has 3 atom stereocenters. The minimum atomic E-state index is -0.357. The molecule has 1 aliphatic heterocycles. The van der Waals surface area contributed by atoms with Gasteiger partial charge in [-0.3, -0.25) is 4.79 Å². The highest BCUT2D eigenvalue weighted by molar-refractivity contribution is 5.95. The van der Waals surface area contributed by atoms with Gasteiger partial charge in [-0.2, -0.15) is 0 Å². The molecule has 3 rings (SSSR count). The molecule has 0 aromatic heterocycles. The molecule has 0 radical (unpaired) electrons. The predicted octanol–water partition coefficient (Wildman–Crippen LogP) is 3.45. The summed E-state index contributed by atoms with van der Waals surface area (Å²) < 4.78 is 6.12. The van der Waals surface area contributed by atoms with Crippen LogP contribution in [0.4, 0.5) is 0 Å². The molecule has 1 heterocycles. The van der Waals surface area contributed by atoms with Gasteiger partial charge in [-0.25, -0.2) is 0 Å². The normalized spacial score (nSPS) is 33.6. The second kappa shape index (κ2) is 5.21. The highest BCUT2D eigenvalue weighted by Gasteiger charge is 2.50. The van der Waals surface area contributed by atoms with Crippen molar-refractivity contribution in [3.8, 4) is 0 Å². The lowest BCUT2D eigenvalue weighted by Gasteiger charge is -2.43. The van der Waals surface area contributed by atoms with Crippen molar-refractivity contribution in [1.29, 1.82) is 0 Å². The van der Waals surface area contributed by atoms with E-state index in [9.17, 15) is 4.79 Å². The fourth-order valence-corrected chi connectivity index (χ4v) is 3.75. The second-order valence-electron chi connectivity index (χ2n) is 6.35. The van der Waals surface area contributed by atoms with Crippen molar-refractivity contribution in [2.75, 3.05) is 6.61 Å². The Morgan fingerprint density at radius 1 is 1.30 bits per heavy atom. The van der Waals surface area contributed by atoms with E-state index in [1.165, 1.54) is 6.42 Å². The molecule has 20 heavy (non-hydrogen) atoms. The lowest BCUT2D eigenvalue weighted by atomic mass is 9.83. The molecule has 1 spiro atoms. The standard InChI is InChI=1S/C17H23NO2/c1-13-7-6-10-17(11-13)18(14(2)12-20-17)16(19)15-8-4-3-5-9-15/h3-5,8-9,13-14H,6-7,10-12H2,1-2H3/t13-,14-,17-/m1/s1. The Morgan fingerprint density at radius 2 is 2.05 bits per heavy atom. The van der Waals surface area contributed by atoms with E-state index in [0.29, 0.717) is 12.5 Å². The summed E-state index contributed by atoms with van der Waals surface area (Å²) in [7, 11) is 0. The average molecular weight is 273 g/mol. The highest BCUT2D eigenvalue weighted by Crippen LogP contribution is 2.43. The number of hydrogen-bond acceptors (Lipinski definition) is 2. The Kier molecular flexibility index (Phi) is 3.55. The van der Waals surface area contributed by atoms with Crippen LogP contribution in [0, 0.1) is 5.92 Å². The first-order valence-corrected chi connectivity index (χ1v) is 7.65. The number of rotatable bonds is 1. The fourth-order valence-electron chi connectivity index (χ4n) is 3.75. The summed E-state index contributed by atoms with van der Waals surface area (Å²) >= 11 is 0. The molecule has 1 saturated heterocycles. The van der Waals surface area contributed by atoms with Gasteiger partial charge in [0, 0.05) is 5.56 Å². The molecular weight excluding hydrogens is 250 g/mol. The molecule has 1 aromatic rings. The minimum absolute atomic E-state index is 0.115. The fraction of sp³-hybridized carbons (Fsp3) is 0.588. The quantitative estimate of drug-likeness (QED) is 0.784. The summed E-state index contributed by atoms with van der Waals surface area (Å²) in [5.74, 6) is 0.741. The van der Waals surface area contributed by atoms with Crippen molar-refractivity contribution in [1.82, 2.24) is 4.90 Å². The van der Waals surface area contributed by atoms with Crippen LogP contribution in [0.15, 0.2) is 30.3 Å². The molecule has 2 fully saturated rings. The molecule has 2 aliphatic rings. The number of benzene rings is 1. The van der Waals surface area contributed by atoms with Gasteiger partial charge in [0.2, 0.25) is 0 Å². The third-order valence-corrected chi connectivity index (χ3v) is 4.64. The Bertz CT molecular complexity index is 483. The molecule has 0 unspecified atom stereocenters. The van der Waals surface area contributed by atoms with Crippen LogP contribution in [-0.2, 0) is 4.74 Å². The van der Waals surface area contributed by atoms with Crippen molar-refractivity contribution in [2.24, 2.45) is 5.92 Å². The smallest absolute Gasteiger partial charge is 0.256 e. The molecule has 0 N–H and O–H groups in total. The number of ether oxygens (including phenoxy) is 1. The topological polar surface area (TPSA) is 29.5 Å². The zero-order chi connectivity index (χ0) is 14.2. The molecule has 1 aromatic carbocycles. The number of amides is 1. The molecule has 1 saturated carbocycles. The van der Waals surface area contributed by atoms with E-state index in [4.69, 9.17) is 4.74 Å². The van der Waals surface area contributed by atoms with Crippen molar-refractivity contribution in [3.63, 3.8) is 0 Å². The summed E-state index contributed by atoms with van der Waals surface area (Å²) in [6.45, 7) is 5.01. The SMILES string of the molecule is C[C@@H]1CCC[C@]2(C1)OC[C@@H](C)N2C(=O)c1ccccc1. The Morgan fingerprint density at radius 3 is 2.75 bits per heavy atom. The maximum Gasteiger partial charge on any atom is 0.256 e. The van der Waals surface area contributed by atoms with E-state index in [1.54, 1.807) is 0 Å². The minimum Gasteiger partial charge on any atom is -0.353 e. The summed E-state index contributed by atoms with van der Waals surface area (Å²) in [5, 5.41) is 0. The number of carbonyl (C=O) groups is 1. The molecule has 1 aliphatic carbocycles. The molecule has 108 valence electrons. The van der Waals surface area contributed by atoms with Crippen molar-refractivity contribution < 1.29 is 9.53 Å². The van der Waals surface area contributed by atoms with E-state index in [-0.39, 0.29) is 17.7 Å². The van der Waals surface area contributed by atoms with Crippen LogP contribution in [0.5, 0.6) is 0 Å². The van der Waals surface area contributed by atoms with Gasteiger partial charge in [0.05, 0.1) is 12.6 Å². The number of carbonyl (C=O) groups excluding carboxylic acids is 1. The Labute approximate surface area is 120 Å². The molecular formula is C17H23NO2. The van der Waals surface area contributed by atoms with Gasteiger partial charge in [-0.1, -0.05) is 31.5 Å². The third kappa shape index (κ3) is 2.24. The average Bonchev–Trinajstić information content (AvgIpc) is 2.75. The lowest BCUT2D eigenvalue weighted by Crippen LogP contribution is -2.53. The summed E-state index contributed by atoms with van der Waals surface area (Å²) in [5.41, 5.74) is 0.409. The first-order chi connectivity index (χ1) is 9.62. The van der Waals surface area contributed by atoms with Gasteiger partial charge in [0.1, 0.15) is 5.72 Å². The molecule has 3 heteroatoms. The van der Waals surface area contributed by atoms with Gasteiger partial charge in [-0.15, -0.1) is 0 Å². The zero-order valence-corrected chi connectivity index (χ0v) is 12.3. The van der Waals surface area contributed by atoms with E-state index < -0.39 is 0 Å². The van der Waals surface area contributed by atoms with Crippen molar-refractivity contribution in [2.45, 2.75) is 51.3 Å². The van der Waals surface area contributed by atoms with E-state index in [1.807, 2.05) is 35.2 Å². The predicted molar refractivity (Wildman–Crippen MR) is 78.4 cm³/mol. The van der Waals surface area contributed by atoms with Crippen LogP contribution < -0.4 is 0 Å². The van der Waals surface area contributed by atoms with Crippen LogP contribution in [0.25, 0.3) is 0 Å². The maximum atomic E-state index is 12.9. The van der Waals surface area contributed by atoms with E-state index in [2.05, 4.69) is 13.8 Å². The maximum absolute atomic E-state index is 12.9. The van der Waals surface area contributed by atoms with E-state index in [0.717, 1.165) is 24.8 Å². The van der Waals surface area contributed by atoms with Crippen LogP contribution in [-0.4, -0.2) is 29.2 Å². The van der Waals surface area contributed by atoms with Gasteiger partial charge < -0.3 is 9.64 Å². The van der Waals surface area contributed by atoms with Gasteiger partial charge in [-0.05, 0) is 44.2 Å². The van der Waals surface area contributed by atoms with Crippen molar-refractivity contribution in [3.05, 3.63) is 35.9 Å². The number of nitrogens with zero attached hydrogens (tertiary/aromatic N) is 1. The summed E-state index contributed by atoms with van der Waals surface area (Å²) in [6, 6.07) is 9.74. The van der Waals surface area contributed by atoms with Gasteiger partial charge in [0.15, 0.2) is 0 Å². The van der Waals surface area contributed by atoms with Gasteiger partial charge in [0.25, 0.3) is 5.91 Å². The third-order valence-electron chi connectivity index (χ3n) is 4.64. The molecule has 0 bridgehead atoms. The van der Waals surface area contributed by atoms with Crippen LogP contribution in [0.1, 0.15) is 49.9 Å².